The van der Waals surface area contributed by atoms with E-state index >= 15 is 0 Å². The molecule has 0 atom stereocenters. The lowest BCUT2D eigenvalue weighted by molar-refractivity contribution is -0.137. The van der Waals surface area contributed by atoms with E-state index in [1.165, 1.54) is 0 Å². The molecule has 0 unspecified atom stereocenters. The van der Waals surface area contributed by atoms with Crippen LogP contribution in [0.2, 0.25) is 0 Å². The summed E-state index contributed by atoms with van der Waals surface area (Å²) in [5.41, 5.74) is 3.71. The van der Waals surface area contributed by atoms with Crippen molar-refractivity contribution in [3.63, 3.8) is 0 Å². The molecule has 1 amide bonds. The Hall–Kier alpha value is -2.63. The van der Waals surface area contributed by atoms with Crippen molar-refractivity contribution >= 4 is 11.9 Å². The lowest BCUT2D eigenvalue weighted by atomic mass is 10.1. The van der Waals surface area contributed by atoms with Crippen LogP contribution in [0.3, 0.4) is 0 Å². The number of amides is 1. The number of para-hydroxylation sites is 1. The van der Waals surface area contributed by atoms with E-state index < -0.39 is 5.97 Å². The number of carboxylic acids is 1. The average Bonchev–Trinajstić information content (AvgIpc) is 3.20. The van der Waals surface area contributed by atoms with Gasteiger partial charge >= 0.3 is 5.97 Å². The van der Waals surface area contributed by atoms with Crippen LogP contribution in [0.5, 0.6) is 0 Å². The summed E-state index contributed by atoms with van der Waals surface area (Å²) in [7, 11) is 0. The lowest BCUT2D eigenvalue weighted by Gasteiger charge is -2.05. The number of unbranched alkanes of at least 4 members (excludes halogenated alkanes) is 2. The van der Waals surface area contributed by atoms with Crippen LogP contribution in [0, 0.1) is 0 Å². The van der Waals surface area contributed by atoms with Crippen molar-refractivity contribution in [2.45, 2.75) is 44.9 Å². The predicted molar refractivity (Wildman–Crippen MR) is 94.0 cm³/mol. The van der Waals surface area contributed by atoms with Crippen LogP contribution in [-0.2, 0) is 17.6 Å². The number of aromatic nitrogens is 2. The van der Waals surface area contributed by atoms with Gasteiger partial charge in [0.05, 0.1) is 5.69 Å². The summed E-state index contributed by atoms with van der Waals surface area (Å²) in [6.45, 7) is 0.547. The summed E-state index contributed by atoms with van der Waals surface area (Å²) in [6, 6.07) is 9.89. The van der Waals surface area contributed by atoms with E-state index in [1.54, 1.807) is 0 Å². The topological polar surface area (TPSA) is 84.2 Å². The van der Waals surface area contributed by atoms with Crippen LogP contribution in [0.25, 0.3) is 5.69 Å². The van der Waals surface area contributed by atoms with Crippen LogP contribution >= 0.6 is 0 Å². The Kier molecular flexibility index (Phi) is 5.48. The van der Waals surface area contributed by atoms with Crippen LogP contribution in [0.4, 0.5) is 0 Å². The number of benzene rings is 1. The van der Waals surface area contributed by atoms with Crippen molar-refractivity contribution in [1.82, 2.24) is 15.1 Å². The second-order valence-corrected chi connectivity index (χ2v) is 6.34. The molecule has 6 nitrogen and oxygen atoms in total. The second kappa shape index (κ2) is 7.96. The highest BCUT2D eigenvalue weighted by Gasteiger charge is 2.26. The number of carbonyl (C=O) groups is 2. The average molecular weight is 341 g/mol. The fraction of sp³-hybridized carbons (Fsp3) is 0.421. The fourth-order valence-corrected chi connectivity index (χ4v) is 3.27. The minimum atomic E-state index is -0.772. The number of hydrogen-bond acceptors (Lipinski definition) is 3. The van der Waals surface area contributed by atoms with Crippen LogP contribution < -0.4 is 5.32 Å². The Morgan fingerprint density at radius 1 is 1.12 bits per heavy atom. The molecule has 2 aromatic rings. The van der Waals surface area contributed by atoms with Crippen molar-refractivity contribution in [3.05, 3.63) is 47.3 Å². The molecule has 1 aromatic carbocycles. The van der Waals surface area contributed by atoms with Gasteiger partial charge in [-0.15, -0.1) is 0 Å². The third-order valence-electron chi connectivity index (χ3n) is 4.50. The highest BCUT2D eigenvalue weighted by molar-refractivity contribution is 5.94. The monoisotopic (exact) mass is 341 g/mol. The van der Waals surface area contributed by atoms with E-state index in [4.69, 9.17) is 5.11 Å². The maximum Gasteiger partial charge on any atom is 0.303 e. The largest absolute Gasteiger partial charge is 0.481 e. The molecule has 0 saturated heterocycles. The van der Waals surface area contributed by atoms with Crippen molar-refractivity contribution in [2.75, 3.05) is 6.54 Å². The number of nitrogens with zero attached hydrogens (tertiary/aromatic N) is 2. The third-order valence-corrected chi connectivity index (χ3v) is 4.50. The van der Waals surface area contributed by atoms with Gasteiger partial charge in [0.1, 0.15) is 0 Å². The number of rotatable bonds is 8. The first-order valence-corrected chi connectivity index (χ1v) is 8.83. The number of nitrogens with one attached hydrogen (secondary N) is 1. The Bertz CT molecular complexity index is 753. The molecule has 1 heterocycles. The van der Waals surface area contributed by atoms with Gasteiger partial charge in [0.25, 0.3) is 5.91 Å². The van der Waals surface area contributed by atoms with Gasteiger partial charge in [-0.2, -0.15) is 5.10 Å². The van der Waals surface area contributed by atoms with Gasteiger partial charge in [0.2, 0.25) is 0 Å². The molecule has 6 heteroatoms. The van der Waals surface area contributed by atoms with Crippen LogP contribution in [-0.4, -0.2) is 33.3 Å². The zero-order chi connectivity index (χ0) is 17.6. The van der Waals surface area contributed by atoms with Gasteiger partial charge in [-0.3, -0.25) is 9.59 Å². The molecule has 0 aliphatic heterocycles. The van der Waals surface area contributed by atoms with E-state index in [9.17, 15) is 9.59 Å². The molecular formula is C19H23N3O3. The summed E-state index contributed by atoms with van der Waals surface area (Å²) in [4.78, 5) is 23.0. The quantitative estimate of drug-likeness (QED) is 0.723. The molecular weight excluding hydrogens is 318 g/mol. The number of hydrogen-bond donors (Lipinski definition) is 2. The summed E-state index contributed by atoms with van der Waals surface area (Å²) in [5, 5.41) is 16.1. The summed E-state index contributed by atoms with van der Waals surface area (Å²) in [6.07, 6.45) is 5.29. The molecule has 1 aromatic heterocycles. The van der Waals surface area contributed by atoms with Gasteiger partial charge in [-0.1, -0.05) is 24.6 Å². The van der Waals surface area contributed by atoms with Gasteiger partial charge in [0, 0.05) is 24.2 Å². The molecule has 1 aliphatic carbocycles. The summed E-state index contributed by atoms with van der Waals surface area (Å²) in [5.74, 6) is -0.905. The van der Waals surface area contributed by atoms with E-state index in [0.29, 0.717) is 18.7 Å². The van der Waals surface area contributed by atoms with Crippen molar-refractivity contribution in [3.8, 4) is 5.69 Å². The minimum Gasteiger partial charge on any atom is -0.481 e. The smallest absolute Gasteiger partial charge is 0.303 e. The maximum atomic E-state index is 12.5. The Balaban J connectivity index is 1.63. The molecule has 2 N–H and O–H groups in total. The molecule has 0 spiro atoms. The number of aliphatic carboxylic acids is 1. The normalized spacial score (nSPS) is 12.8. The van der Waals surface area contributed by atoms with Crippen LogP contribution in [0.15, 0.2) is 30.3 Å². The Morgan fingerprint density at radius 2 is 1.92 bits per heavy atom. The van der Waals surface area contributed by atoms with Gasteiger partial charge in [-0.25, -0.2) is 4.68 Å². The lowest BCUT2D eigenvalue weighted by Crippen LogP contribution is -2.26. The molecule has 3 rings (SSSR count). The molecule has 0 radical (unpaired) electrons. The molecule has 0 saturated carbocycles. The highest BCUT2D eigenvalue weighted by Crippen LogP contribution is 2.27. The van der Waals surface area contributed by atoms with E-state index in [0.717, 1.165) is 49.0 Å². The van der Waals surface area contributed by atoms with E-state index in [-0.39, 0.29) is 12.3 Å². The summed E-state index contributed by atoms with van der Waals surface area (Å²) < 4.78 is 1.89. The number of carbonyl (C=O) groups excluding carboxylic acids is 1. The highest BCUT2D eigenvalue weighted by atomic mass is 16.4. The second-order valence-electron chi connectivity index (χ2n) is 6.34. The standard InChI is InChI=1S/C19H23N3O3/c23-17(24)12-5-2-6-13-20-19(25)18-15-10-7-11-16(15)22(21-18)14-8-3-1-4-9-14/h1,3-4,8-9H,2,5-7,10-13H2,(H,20,25)(H,23,24). The maximum absolute atomic E-state index is 12.5. The van der Waals surface area contributed by atoms with Gasteiger partial charge in [-0.05, 0) is 44.2 Å². The number of carboxylic acid groups (broad SMARTS) is 1. The zero-order valence-electron chi connectivity index (χ0n) is 14.2. The molecule has 1 aliphatic rings. The van der Waals surface area contributed by atoms with Crippen molar-refractivity contribution < 1.29 is 14.7 Å². The Morgan fingerprint density at radius 3 is 2.68 bits per heavy atom. The van der Waals surface area contributed by atoms with Crippen LogP contribution in [0.1, 0.15) is 53.8 Å². The first-order valence-electron chi connectivity index (χ1n) is 8.83. The Labute approximate surface area is 146 Å². The summed E-state index contributed by atoms with van der Waals surface area (Å²) >= 11 is 0. The molecule has 132 valence electrons. The van der Waals surface area contributed by atoms with Crippen molar-refractivity contribution in [1.29, 1.82) is 0 Å². The van der Waals surface area contributed by atoms with E-state index in [2.05, 4.69) is 10.4 Å². The predicted octanol–water partition coefficient (Wildman–Crippen LogP) is 2.74. The molecule has 0 bridgehead atoms. The fourth-order valence-electron chi connectivity index (χ4n) is 3.27. The first-order chi connectivity index (χ1) is 12.2. The van der Waals surface area contributed by atoms with Crippen molar-refractivity contribution in [2.24, 2.45) is 0 Å². The van der Waals surface area contributed by atoms with Gasteiger partial charge < -0.3 is 10.4 Å². The molecule has 0 fully saturated rings. The molecule has 25 heavy (non-hydrogen) atoms. The minimum absolute atomic E-state index is 0.133. The van der Waals surface area contributed by atoms with E-state index in [1.807, 2.05) is 35.0 Å². The first kappa shape index (κ1) is 17.2. The van der Waals surface area contributed by atoms with Gasteiger partial charge in [0.15, 0.2) is 5.69 Å². The number of fused-ring (bicyclic) bond motifs is 1. The third kappa shape index (κ3) is 4.07. The zero-order valence-corrected chi connectivity index (χ0v) is 14.2. The SMILES string of the molecule is O=C(O)CCCCCNC(=O)c1nn(-c2ccccc2)c2c1CCC2.